The van der Waals surface area contributed by atoms with Gasteiger partial charge in [-0.2, -0.15) is 0 Å². The Morgan fingerprint density at radius 3 is 1.56 bits per heavy atom. The molecule has 0 aliphatic carbocycles. The molecule has 3 nitrogen and oxygen atoms in total. The van der Waals surface area contributed by atoms with Gasteiger partial charge in [-0.3, -0.25) is 0 Å². The van der Waals surface area contributed by atoms with Crippen LogP contribution in [-0.4, -0.2) is 15.0 Å². The third-order valence-corrected chi connectivity index (χ3v) is 11.6. The van der Waals surface area contributed by atoms with Crippen LogP contribution in [0.15, 0.2) is 164 Å². The third-order valence-electron chi connectivity index (χ3n) is 9.36. The molecule has 0 saturated heterocycles. The predicted octanol–water partition coefficient (Wildman–Crippen LogP) is 12.9. The number of hydrogen-bond acceptors (Lipinski definition) is 5. The van der Waals surface area contributed by atoms with Crippen LogP contribution in [0.4, 0.5) is 0 Å². The van der Waals surface area contributed by atoms with E-state index >= 15 is 0 Å². The summed E-state index contributed by atoms with van der Waals surface area (Å²) in [5.41, 5.74) is 7.57. The minimum absolute atomic E-state index is 0.645. The summed E-state index contributed by atoms with van der Waals surface area (Å²) in [5, 5.41) is 5.14. The molecule has 0 unspecified atom stereocenters. The molecular formula is C45H27N3S2. The van der Waals surface area contributed by atoms with Crippen LogP contribution in [0, 0.1) is 0 Å². The number of aromatic nitrogens is 3. The van der Waals surface area contributed by atoms with Gasteiger partial charge in [-0.05, 0) is 58.7 Å². The van der Waals surface area contributed by atoms with Crippen LogP contribution < -0.4 is 0 Å². The molecule has 7 aromatic carbocycles. The Morgan fingerprint density at radius 2 is 0.840 bits per heavy atom. The summed E-state index contributed by atoms with van der Waals surface area (Å²) in [6, 6.07) is 58.0. The molecule has 10 rings (SSSR count). The van der Waals surface area contributed by atoms with Crippen molar-refractivity contribution < 1.29 is 0 Å². The SMILES string of the molecule is c1ccc(-c2nc(-c3ccccc3)nc(-c3ccc(-c4ccc5sc6ccccc6c5c4)c(-c4cccc5sc6ccccc6c45)c3)n2)cc1. The Morgan fingerprint density at radius 1 is 0.300 bits per heavy atom. The van der Waals surface area contributed by atoms with Gasteiger partial charge in [0.15, 0.2) is 17.5 Å². The molecule has 3 heterocycles. The van der Waals surface area contributed by atoms with Gasteiger partial charge >= 0.3 is 0 Å². The molecular weight excluding hydrogens is 647 g/mol. The molecule has 0 bridgehead atoms. The van der Waals surface area contributed by atoms with Crippen LogP contribution >= 0.6 is 22.7 Å². The maximum atomic E-state index is 5.09. The highest BCUT2D eigenvalue weighted by atomic mass is 32.1. The number of benzene rings is 7. The lowest BCUT2D eigenvalue weighted by molar-refractivity contribution is 1.07. The van der Waals surface area contributed by atoms with Gasteiger partial charge in [-0.25, -0.2) is 15.0 Å². The first-order chi connectivity index (χ1) is 24.8. The monoisotopic (exact) mass is 673 g/mol. The second-order valence-corrected chi connectivity index (χ2v) is 14.6. The normalized spacial score (nSPS) is 11.6. The molecule has 0 atom stereocenters. The van der Waals surface area contributed by atoms with Gasteiger partial charge < -0.3 is 0 Å². The minimum atomic E-state index is 0.645. The van der Waals surface area contributed by atoms with Crippen molar-refractivity contribution in [2.45, 2.75) is 0 Å². The third kappa shape index (κ3) is 4.90. The van der Waals surface area contributed by atoms with Gasteiger partial charge in [-0.15, -0.1) is 22.7 Å². The molecule has 0 radical (unpaired) electrons. The van der Waals surface area contributed by atoms with Crippen molar-refractivity contribution in [1.82, 2.24) is 15.0 Å². The standard InChI is InChI=1S/C45H27N3S2/c1-3-12-28(13-4-1)43-46-44(29-14-5-2-6-15-29)48-45(47-43)31-22-24-32(30-23-25-40-37(26-30)33-16-7-9-19-38(33)49-40)36(27-31)34-18-11-21-41-42(34)35-17-8-10-20-39(35)50-41/h1-27H. The van der Waals surface area contributed by atoms with Gasteiger partial charge in [-0.1, -0.05) is 127 Å². The number of hydrogen-bond donors (Lipinski definition) is 0. The fourth-order valence-corrected chi connectivity index (χ4v) is 9.21. The van der Waals surface area contributed by atoms with E-state index in [1.165, 1.54) is 57.0 Å². The Bertz CT molecular complexity index is 2810. The second-order valence-electron chi connectivity index (χ2n) is 12.4. The molecule has 0 N–H and O–H groups in total. The maximum absolute atomic E-state index is 5.09. The van der Waals surface area contributed by atoms with E-state index < -0.39 is 0 Å². The van der Waals surface area contributed by atoms with Crippen LogP contribution in [-0.2, 0) is 0 Å². The predicted molar refractivity (Wildman–Crippen MR) is 213 cm³/mol. The summed E-state index contributed by atoms with van der Waals surface area (Å²) in [4.78, 5) is 15.1. The van der Waals surface area contributed by atoms with Crippen molar-refractivity contribution in [3.63, 3.8) is 0 Å². The van der Waals surface area contributed by atoms with E-state index in [0.29, 0.717) is 17.5 Å². The van der Waals surface area contributed by atoms with Gasteiger partial charge in [0.2, 0.25) is 0 Å². The number of nitrogens with zero attached hydrogens (tertiary/aromatic N) is 3. The zero-order chi connectivity index (χ0) is 33.0. The lowest BCUT2D eigenvalue weighted by atomic mass is 9.90. The van der Waals surface area contributed by atoms with Gasteiger partial charge in [0.25, 0.3) is 0 Å². The number of thiophene rings is 2. The summed E-state index contributed by atoms with van der Waals surface area (Å²) in [6.07, 6.45) is 0. The highest BCUT2D eigenvalue weighted by molar-refractivity contribution is 7.26. The van der Waals surface area contributed by atoms with E-state index in [-0.39, 0.29) is 0 Å². The quantitative estimate of drug-likeness (QED) is 0.182. The zero-order valence-corrected chi connectivity index (χ0v) is 28.4. The second kappa shape index (κ2) is 11.8. The Hall–Kier alpha value is -6.01. The van der Waals surface area contributed by atoms with E-state index in [4.69, 9.17) is 15.0 Å². The molecule has 0 saturated carbocycles. The van der Waals surface area contributed by atoms with Crippen molar-refractivity contribution in [1.29, 1.82) is 0 Å². The fraction of sp³-hybridized carbons (Fsp3) is 0. The molecule has 0 aliphatic heterocycles. The molecule has 234 valence electrons. The highest BCUT2D eigenvalue weighted by Crippen LogP contribution is 2.45. The first-order valence-electron chi connectivity index (χ1n) is 16.6. The summed E-state index contributed by atoms with van der Waals surface area (Å²) >= 11 is 3.69. The largest absolute Gasteiger partial charge is 0.208 e. The molecule has 0 amide bonds. The van der Waals surface area contributed by atoms with E-state index in [2.05, 4.69) is 127 Å². The van der Waals surface area contributed by atoms with E-state index in [0.717, 1.165) is 22.3 Å². The lowest BCUT2D eigenvalue weighted by Crippen LogP contribution is -2.00. The van der Waals surface area contributed by atoms with Crippen LogP contribution in [0.25, 0.3) is 96.8 Å². The van der Waals surface area contributed by atoms with Crippen molar-refractivity contribution in [3.05, 3.63) is 164 Å². The first-order valence-corrected chi connectivity index (χ1v) is 18.2. The van der Waals surface area contributed by atoms with E-state index in [1.807, 2.05) is 59.1 Å². The van der Waals surface area contributed by atoms with Gasteiger partial charge in [0.1, 0.15) is 0 Å². The van der Waals surface area contributed by atoms with Gasteiger partial charge in [0.05, 0.1) is 0 Å². The molecule has 3 aromatic heterocycles. The summed E-state index contributed by atoms with van der Waals surface area (Å²) < 4.78 is 5.17. The molecule has 0 aliphatic rings. The number of fused-ring (bicyclic) bond motifs is 6. The van der Waals surface area contributed by atoms with Crippen LogP contribution in [0.3, 0.4) is 0 Å². The fourth-order valence-electron chi connectivity index (χ4n) is 6.99. The summed E-state index contributed by atoms with van der Waals surface area (Å²) in [7, 11) is 0. The molecule has 0 fully saturated rings. The van der Waals surface area contributed by atoms with Crippen LogP contribution in [0.2, 0.25) is 0 Å². The highest BCUT2D eigenvalue weighted by Gasteiger charge is 2.19. The first kappa shape index (κ1) is 29.0. The topological polar surface area (TPSA) is 38.7 Å². The van der Waals surface area contributed by atoms with Crippen molar-refractivity contribution >= 4 is 63.0 Å². The van der Waals surface area contributed by atoms with Gasteiger partial charge in [0, 0.05) is 57.0 Å². The molecule has 0 spiro atoms. The van der Waals surface area contributed by atoms with Crippen molar-refractivity contribution in [3.8, 4) is 56.4 Å². The van der Waals surface area contributed by atoms with Crippen LogP contribution in [0.1, 0.15) is 0 Å². The maximum Gasteiger partial charge on any atom is 0.164 e. The lowest BCUT2D eigenvalue weighted by Gasteiger charge is -2.15. The number of rotatable bonds is 5. The smallest absolute Gasteiger partial charge is 0.164 e. The Kier molecular flexibility index (Phi) is 6.86. The molecule has 5 heteroatoms. The summed E-state index contributed by atoms with van der Waals surface area (Å²) in [5.74, 6) is 1.95. The zero-order valence-electron chi connectivity index (χ0n) is 26.7. The Balaban J connectivity index is 1.24. The molecule has 50 heavy (non-hydrogen) atoms. The average Bonchev–Trinajstić information content (AvgIpc) is 3.76. The molecule has 10 aromatic rings. The average molecular weight is 674 g/mol. The minimum Gasteiger partial charge on any atom is -0.208 e. The van der Waals surface area contributed by atoms with Crippen LogP contribution in [0.5, 0.6) is 0 Å². The summed E-state index contributed by atoms with van der Waals surface area (Å²) in [6.45, 7) is 0. The van der Waals surface area contributed by atoms with E-state index in [9.17, 15) is 0 Å². The van der Waals surface area contributed by atoms with E-state index in [1.54, 1.807) is 0 Å². The Labute approximate surface area is 296 Å². The van der Waals surface area contributed by atoms with Crippen molar-refractivity contribution in [2.24, 2.45) is 0 Å². The van der Waals surface area contributed by atoms with Crippen molar-refractivity contribution in [2.75, 3.05) is 0 Å².